The zero-order valence-corrected chi connectivity index (χ0v) is 15.9. The average Bonchev–Trinajstić information content (AvgIpc) is 3.03. The molecule has 1 aliphatic rings. The van der Waals surface area contributed by atoms with Gasteiger partial charge in [0.2, 0.25) is 5.91 Å². The predicted molar refractivity (Wildman–Crippen MR) is 102 cm³/mol. The number of methoxy groups -OCH3 is 1. The number of carbonyl (C=O) groups is 1. The summed E-state index contributed by atoms with van der Waals surface area (Å²) in [5, 5.41) is 0. The molecule has 0 N–H and O–H groups in total. The lowest BCUT2D eigenvalue weighted by Gasteiger charge is -2.35. The van der Waals surface area contributed by atoms with Gasteiger partial charge in [-0.3, -0.25) is 4.79 Å². The van der Waals surface area contributed by atoms with E-state index < -0.39 is 0 Å². The largest absolute Gasteiger partial charge is 0.377 e. The molecule has 1 aromatic carbocycles. The maximum atomic E-state index is 12.7. The van der Waals surface area contributed by atoms with Crippen molar-refractivity contribution in [2.24, 2.45) is 0 Å². The van der Waals surface area contributed by atoms with Crippen LogP contribution in [0.3, 0.4) is 0 Å². The number of likely N-dealkylation sites (tertiary alicyclic amines) is 1. The number of nitrogens with zero attached hydrogens (tertiary/aromatic N) is 3. The van der Waals surface area contributed by atoms with Gasteiger partial charge in [0.15, 0.2) is 0 Å². The molecular weight excluding hydrogens is 326 g/mol. The minimum atomic E-state index is 0.275. The standard InChI is InChI=1S/C21H29N3O2/c1-17-14-22-20(16-26-2)24(17)19-11-7-13-23(15-19)21(25)12-6-10-18-8-4-3-5-9-18/h3-5,8-9,14,19H,6-7,10-13,15-16H2,1-2H3. The quantitative estimate of drug-likeness (QED) is 0.763. The second kappa shape index (κ2) is 8.99. The van der Waals surface area contributed by atoms with Crippen LogP contribution >= 0.6 is 0 Å². The Morgan fingerprint density at radius 2 is 2.12 bits per heavy atom. The van der Waals surface area contributed by atoms with Crippen molar-refractivity contribution in [3.8, 4) is 0 Å². The number of imidazole rings is 1. The van der Waals surface area contributed by atoms with Crippen molar-refractivity contribution in [3.63, 3.8) is 0 Å². The van der Waals surface area contributed by atoms with Gasteiger partial charge in [-0.15, -0.1) is 0 Å². The smallest absolute Gasteiger partial charge is 0.222 e. The Morgan fingerprint density at radius 3 is 2.88 bits per heavy atom. The first-order valence-corrected chi connectivity index (χ1v) is 9.52. The molecule has 2 aromatic rings. The highest BCUT2D eigenvalue weighted by molar-refractivity contribution is 5.76. The fourth-order valence-corrected chi connectivity index (χ4v) is 3.87. The van der Waals surface area contributed by atoms with Crippen LogP contribution < -0.4 is 0 Å². The summed E-state index contributed by atoms with van der Waals surface area (Å²) < 4.78 is 7.54. The third kappa shape index (κ3) is 4.52. The van der Waals surface area contributed by atoms with E-state index in [1.165, 1.54) is 5.56 Å². The van der Waals surface area contributed by atoms with Gasteiger partial charge < -0.3 is 14.2 Å². The van der Waals surface area contributed by atoms with Crippen LogP contribution in [0.25, 0.3) is 0 Å². The number of aromatic nitrogens is 2. The Balaban J connectivity index is 1.56. The van der Waals surface area contributed by atoms with Crippen molar-refractivity contribution in [3.05, 3.63) is 53.6 Å². The molecule has 5 nitrogen and oxygen atoms in total. The summed E-state index contributed by atoms with van der Waals surface area (Å²) in [6.45, 7) is 4.23. The summed E-state index contributed by atoms with van der Waals surface area (Å²) in [5.41, 5.74) is 2.44. The lowest BCUT2D eigenvalue weighted by Crippen LogP contribution is -2.41. The van der Waals surface area contributed by atoms with Crippen LogP contribution in [-0.2, 0) is 22.6 Å². The van der Waals surface area contributed by atoms with E-state index in [0.29, 0.717) is 19.1 Å². The van der Waals surface area contributed by atoms with E-state index in [4.69, 9.17) is 4.74 Å². The Kier molecular flexibility index (Phi) is 6.45. The molecule has 0 radical (unpaired) electrons. The van der Waals surface area contributed by atoms with Gasteiger partial charge in [0.25, 0.3) is 0 Å². The topological polar surface area (TPSA) is 47.4 Å². The molecule has 1 aromatic heterocycles. The molecule has 0 spiro atoms. The number of benzene rings is 1. The van der Waals surface area contributed by atoms with Gasteiger partial charge in [0.1, 0.15) is 12.4 Å². The third-order valence-electron chi connectivity index (χ3n) is 5.15. The molecule has 1 unspecified atom stereocenters. The van der Waals surface area contributed by atoms with Gasteiger partial charge in [-0.25, -0.2) is 4.98 Å². The zero-order valence-electron chi connectivity index (χ0n) is 15.9. The van der Waals surface area contributed by atoms with Crippen molar-refractivity contribution < 1.29 is 9.53 Å². The van der Waals surface area contributed by atoms with Crippen molar-refractivity contribution in [2.75, 3.05) is 20.2 Å². The van der Waals surface area contributed by atoms with Gasteiger partial charge in [0.05, 0.1) is 6.04 Å². The van der Waals surface area contributed by atoms with E-state index >= 15 is 0 Å². The lowest BCUT2D eigenvalue weighted by atomic mass is 10.0. The van der Waals surface area contributed by atoms with E-state index in [9.17, 15) is 4.79 Å². The fraction of sp³-hybridized carbons (Fsp3) is 0.524. The summed E-state index contributed by atoms with van der Waals surface area (Å²) in [7, 11) is 1.69. The Labute approximate surface area is 156 Å². The molecule has 0 saturated carbocycles. The maximum Gasteiger partial charge on any atom is 0.222 e. The van der Waals surface area contributed by atoms with Crippen LogP contribution in [0.15, 0.2) is 36.5 Å². The molecule has 1 fully saturated rings. The summed E-state index contributed by atoms with van der Waals surface area (Å²) in [6, 6.07) is 10.7. The SMILES string of the molecule is COCc1ncc(C)n1C1CCCN(C(=O)CCCc2ccccc2)C1. The number of carbonyl (C=O) groups excluding carboxylic acids is 1. The molecular formula is C21H29N3O2. The van der Waals surface area contributed by atoms with Crippen molar-refractivity contribution >= 4 is 5.91 Å². The van der Waals surface area contributed by atoms with Crippen molar-refractivity contribution in [1.29, 1.82) is 0 Å². The number of aryl methyl sites for hydroxylation is 2. The number of piperidine rings is 1. The number of amides is 1. The van der Waals surface area contributed by atoms with Crippen LogP contribution in [0.1, 0.15) is 48.8 Å². The number of ether oxygens (including phenoxy) is 1. The Hall–Kier alpha value is -2.14. The molecule has 1 atom stereocenters. The second-order valence-corrected chi connectivity index (χ2v) is 7.09. The molecule has 1 amide bonds. The van der Waals surface area contributed by atoms with Crippen LogP contribution in [0.5, 0.6) is 0 Å². The highest BCUT2D eigenvalue weighted by Gasteiger charge is 2.26. The van der Waals surface area contributed by atoms with Gasteiger partial charge in [-0.2, -0.15) is 0 Å². The fourth-order valence-electron chi connectivity index (χ4n) is 3.87. The first-order valence-electron chi connectivity index (χ1n) is 9.52. The van der Waals surface area contributed by atoms with Crippen molar-refractivity contribution in [2.45, 2.75) is 51.7 Å². The third-order valence-corrected chi connectivity index (χ3v) is 5.15. The molecule has 1 saturated heterocycles. The maximum absolute atomic E-state index is 12.7. The monoisotopic (exact) mass is 355 g/mol. The van der Waals surface area contributed by atoms with Crippen LogP contribution in [-0.4, -0.2) is 40.6 Å². The van der Waals surface area contributed by atoms with E-state index in [1.807, 2.05) is 17.2 Å². The van der Waals surface area contributed by atoms with Gasteiger partial charge in [-0.05, 0) is 38.2 Å². The Morgan fingerprint density at radius 1 is 1.31 bits per heavy atom. The van der Waals surface area contributed by atoms with Crippen LogP contribution in [0.2, 0.25) is 0 Å². The lowest BCUT2D eigenvalue weighted by molar-refractivity contribution is -0.133. The molecule has 0 bridgehead atoms. The van der Waals surface area contributed by atoms with Crippen LogP contribution in [0.4, 0.5) is 0 Å². The summed E-state index contributed by atoms with van der Waals surface area (Å²) in [5.74, 6) is 1.23. The molecule has 3 rings (SSSR count). The van der Waals surface area contributed by atoms with Gasteiger partial charge in [0, 0.05) is 38.5 Å². The second-order valence-electron chi connectivity index (χ2n) is 7.09. The Bertz CT molecular complexity index is 711. The minimum absolute atomic E-state index is 0.275. The van der Waals surface area contributed by atoms with Gasteiger partial charge >= 0.3 is 0 Å². The number of rotatable bonds is 7. The normalized spacial score (nSPS) is 17.5. The molecule has 1 aliphatic heterocycles. The first kappa shape index (κ1) is 18.6. The molecule has 2 heterocycles. The highest BCUT2D eigenvalue weighted by Crippen LogP contribution is 2.25. The molecule has 0 aliphatic carbocycles. The van der Waals surface area contributed by atoms with E-state index in [-0.39, 0.29) is 5.91 Å². The minimum Gasteiger partial charge on any atom is -0.377 e. The predicted octanol–water partition coefficient (Wildman–Crippen LogP) is 3.52. The van der Waals surface area contributed by atoms with Gasteiger partial charge in [-0.1, -0.05) is 30.3 Å². The van der Waals surface area contributed by atoms with E-state index in [0.717, 1.165) is 50.3 Å². The summed E-state index contributed by atoms with van der Waals surface area (Å²) in [4.78, 5) is 19.2. The summed E-state index contributed by atoms with van der Waals surface area (Å²) in [6.07, 6.45) is 6.51. The van der Waals surface area contributed by atoms with Crippen molar-refractivity contribution in [1.82, 2.24) is 14.5 Å². The van der Waals surface area contributed by atoms with E-state index in [2.05, 4.69) is 40.7 Å². The summed E-state index contributed by atoms with van der Waals surface area (Å²) >= 11 is 0. The molecule has 140 valence electrons. The average molecular weight is 355 g/mol. The highest BCUT2D eigenvalue weighted by atomic mass is 16.5. The first-order chi connectivity index (χ1) is 12.7. The molecule has 5 heteroatoms. The number of hydrogen-bond donors (Lipinski definition) is 0. The zero-order chi connectivity index (χ0) is 18.4. The molecule has 26 heavy (non-hydrogen) atoms. The number of hydrogen-bond acceptors (Lipinski definition) is 3. The van der Waals surface area contributed by atoms with Crippen LogP contribution in [0, 0.1) is 6.92 Å². The van der Waals surface area contributed by atoms with E-state index in [1.54, 1.807) is 7.11 Å².